The highest BCUT2D eigenvalue weighted by atomic mass is 31.2. The maximum atomic E-state index is 11.3. The lowest BCUT2D eigenvalue weighted by atomic mass is 10.1. The molecule has 0 bridgehead atoms. The molecular weight excluding hydrogens is 247 g/mol. The zero-order valence-electron chi connectivity index (χ0n) is 8.79. The lowest BCUT2D eigenvalue weighted by Gasteiger charge is -2.31. The van der Waals surface area contributed by atoms with Gasteiger partial charge in [-0.2, -0.15) is 0 Å². The van der Waals surface area contributed by atoms with Gasteiger partial charge in [0.05, 0.1) is 0 Å². The van der Waals surface area contributed by atoms with Gasteiger partial charge in [-0.1, -0.05) is 6.08 Å². The van der Waals surface area contributed by atoms with Crippen molar-refractivity contribution in [3.05, 3.63) is 32.3 Å². The van der Waals surface area contributed by atoms with Crippen molar-refractivity contribution >= 4 is 19.0 Å². The van der Waals surface area contributed by atoms with Gasteiger partial charge in [-0.15, -0.1) is 0 Å². The second-order valence-corrected chi connectivity index (χ2v) is 5.20. The van der Waals surface area contributed by atoms with E-state index in [4.69, 9.17) is 9.79 Å². The van der Waals surface area contributed by atoms with E-state index in [2.05, 4.69) is 5.32 Å². The van der Waals surface area contributed by atoms with E-state index in [1.165, 1.54) is 6.08 Å². The Morgan fingerprint density at radius 1 is 1.35 bits per heavy atom. The topological polar surface area (TPSA) is 107 Å². The third kappa shape index (κ3) is 2.31. The number of fused-ring (bicyclic) bond motifs is 1. The van der Waals surface area contributed by atoms with Crippen LogP contribution in [0.3, 0.4) is 0 Å². The molecule has 0 saturated heterocycles. The molecule has 92 valence electrons. The Balaban J connectivity index is 2.13. The molecule has 0 saturated carbocycles. The summed E-state index contributed by atoms with van der Waals surface area (Å²) < 4.78 is 10.6. The van der Waals surface area contributed by atoms with Crippen molar-refractivity contribution in [2.75, 3.05) is 29.9 Å². The van der Waals surface area contributed by atoms with Gasteiger partial charge in [0.2, 0.25) is 0 Å². The summed E-state index contributed by atoms with van der Waals surface area (Å²) >= 11 is 0. The van der Waals surface area contributed by atoms with Crippen LogP contribution in [0.5, 0.6) is 0 Å². The number of nitrogens with one attached hydrogen (secondary N) is 1. The van der Waals surface area contributed by atoms with Crippen molar-refractivity contribution in [3.63, 3.8) is 0 Å². The molecule has 0 radical (unpaired) electrons. The number of rotatable bonds is 3. The molecule has 3 N–H and O–H groups in total. The van der Waals surface area contributed by atoms with E-state index in [0.29, 0.717) is 24.5 Å². The summed E-state index contributed by atoms with van der Waals surface area (Å²) in [6, 6.07) is 0. The van der Waals surface area contributed by atoms with E-state index in [1.54, 1.807) is 4.90 Å². The first kappa shape index (κ1) is 12.0. The Hall–Kier alpha value is -1.43. The molecule has 0 aliphatic carbocycles. The molecule has 0 unspecified atom stereocenters. The van der Waals surface area contributed by atoms with E-state index < -0.39 is 18.5 Å². The van der Waals surface area contributed by atoms with Gasteiger partial charge in [0.25, 0.3) is 10.9 Å². The Labute approximate surface area is 96.2 Å². The van der Waals surface area contributed by atoms with Gasteiger partial charge in [-0.25, -0.2) is 0 Å². The van der Waals surface area contributed by atoms with E-state index in [1.807, 2.05) is 0 Å². The Morgan fingerprint density at radius 2 is 2.06 bits per heavy atom. The SMILES string of the molecule is O=c1c2c(c1=O)N(C/C=C/P(=O)(O)O)CCN2. The minimum Gasteiger partial charge on any atom is -0.378 e. The van der Waals surface area contributed by atoms with Crippen molar-refractivity contribution in [3.8, 4) is 0 Å². The molecule has 0 aromatic heterocycles. The number of hydrogen-bond donors (Lipinski definition) is 3. The molecule has 1 aliphatic heterocycles. The zero-order chi connectivity index (χ0) is 12.6. The van der Waals surface area contributed by atoms with Crippen molar-refractivity contribution < 1.29 is 14.4 Å². The van der Waals surface area contributed by atoms with Gasteiger partial charge >= 0.3 is 7.60 Å². The van der Waals surface area contributed by atoms with E-state index in [0.717, 1.165) is 5.82 Å². The van der Waals surface area contributed by atoms with Crippen LogP contribution < -0.4 is 21.1 Å². The molecule has 1 aromatic carbocycles. The molecule has 0 atom stereocenters. The second kappa shape index (κ2) is 4.10. The van der Waals surface area contributed by atoms with Crippen molar-refractivity contribution in [1.82, 2.24) is 0 Å². The van der Waals surface area contributed by atoms with Gasteiger partial charge in [-0.3, -0.25) is 14.2 Å². The molecule has 0 spiro atoms. The van der Waals surface area contributed by atoms with Crippen LogP contribution in [0.1, 0.15) is 0 Å². The van der Waals surface area contributed by atoms with Gasteiger partial charge in [0.15, 0.2) is 0 Å². The summed E-state index contributed by atoms with van der Waals surface area (Å²) in [4.78, 5) is 41.3. The molecule has 17 heavy (non-hydrogen) atoms. The fourth-order valence-corrected chi connectivity index (χ4v) is 2.14. The van der Waals surface area contributed by atoms with Crippen LogP contribution in [0, 0.1) is 0 Å². The molecule has 0 amide bonds. The highest BCUT2D eigenvalue weighted by Crippen LogP contribution is 2.36. The monoisotopic (exact) mass is 258 g/mol. The molecule has 2 rings (SSSR count). The number of hydrogen-bond acceptors (Lipinski definition) is 5. The summed E-state index contributed by atoms with van der Waals surface area (Å²) in [5.41, 5.74) is -0.442. The van der Waals surface area contributed by atoms with E-state index >= 15 is 0 Å². The molecule has 7 nitrogen and oxygen atoms in total. The van der Waals surface area contributed by atoms with Crippen LogP contribution in [0.4, 0.5) is 11.4 Å². The largest absolute Gasteiger partial charge is 0.378 e. The predicted octanol–water partition coefficient (Wildman–Crippen LogP) is -0.794. The average Bonchev–Trinajstić information content (AvgIpc) is 2.26. The maximum Gasteiger partial charge on any atom is 0.348 e. The van der Waals surface area contributed by atoms with Crippen molar-refractivity contribution in [2.45, 2.75) is 0 Å². The molecule has 1 heterocycles. The van der Waals surface area contributed by atoms with Crippen LogP contribution in [-0.2, 0) is 4.57 Å². The van der Waals surface area contributed by atoms with Crippen LogP contribution >= 0.6 is 7.60 Å². The minimum atomic E-state index is -4.17. The summed E-state index contributed by atoms with van der Waals surface area (Å²) in [6.07, 6.45) is 1.30. The lowest BCUT2D eigenvalue weighted by Crippen LogP contribution is -2.48. The van der Waals surface area contributed by atoms with Gasteiger partial charge in [0.1, 0.15) is 11.4 Å². The minimum absolute atomic E-state index is 0.199. The number of anilines is 2. The second-order valence-electron chi connectivity index (χ2n) is 3.73. The van der Waals surface area contributed by atoms with Gasteiger partial charge < -0.3 is 20.0 Å². The van der Waals surface area contributed by atoms with Crippen LogP contribution in [0.2, 0.25) is 0 Å². The quantitative estimate of drug-likeness (QED) is 0.481. The van der Waals surface area contributed by atoms with Gasteiger partial charge in [-0.05, 0) is 0 Å². The summed E-state index contributed by atoms with van der Waals surface area (Å²) in [5, 5.41) is 2.83. The Bertz CT molecular complexity index is 580. The Kier molecular flexibility index (Phi) is 2.91. The van der Waals surface area contributed by atoms with E-state index in [9.17, 15) is 14.2 Å². The fourth-order valence-electron chi connectivity index (χ4n) is 1.77. The van der Waals surface area contributed by atoms with Crippen LogP contribution in [0.25, 0.3) is 0 Å². The third-order valence-corrected chi connectivity index (χ3v) is 3.11. The molecule has 1 aliphatic rings. The van der Waals surface area contributed by atoms with Crippen LogP contribution in [-0.4, -0.2) is 29.4 Å². The van der Waals surface area contributed by atoms with Crippen LogP contribution in [0.15, 0.2) is 21.5 Å². The summed E-state index contributed by atoms with van der Waals surface area (Å²) in [6.45, 7) is 1.25. The molecule has 0 fully saturated rings. The molecule has 8 heteroatoms. The first-order chi connectivity index (χ1) is 7.90. The normalized spacial score (nSPS) is 16.2. The first-order valence-corrected chi connectivity index (χ1v) is 6.63. The molecule has 1 aromatic rings. The van der Waals surface area contributed by atoms with Crippen molar-refractivity contribution in [1.29, 1.82) is 0 Å². The number of nitrogens with zero attached hydrogens (tertiary/aromatic N) is 1. The molecular formula is C9H11N2O5P. The van der Waals surface area contributed by atoms with Crippen molar-refractivity contribution in [2.24, 2.45) is 0 Å². The predicted molar refractivity (Wildman–Crippen MR) is 63.2 cm³/mol. The highest BCUT2D eigenvalue weighted by Gasteiger charge is 2.28. The average molecular weight is 258 g/mol. The van der Waals surface area contributed by atoms with E-state index in [-0.39, 0.29) is 6.54 Å². The fraction of sp³-hybridized carbons (Fsp3) is 0.333. The standard InChI is InChI=1S/C9H11N2O5P/c12-8-6-7(9(8)13)11(4-2-10-6)3-1-5-17(14,15)16/h1,5,10H,2-4H2,(H2,14,15,16)/b5-1+. The lowest BCUT2D eigenvalue weighted by molar-refractivity contribution is 0.386. The summed E-state index contributed by atoms with van der Waals surface area (Å²) in [7, 11) is -4.17. The van der Waals surface area contributed by atoms with Gasteiger partial charge in [0, 0.05) is 25.5 Å². The highest BCUT2D eigenvalue weighted by molar-refractivity contribution is 7.55. The smallest absolute Gasteiger partial charge is 0.348 e. The first-order valence-electron chi connectivity index (χ1n) is 4.95. The zero-order valence-corrected chi connectivity index (χ0v) is 9.68. The maximum absolute atomic E-state index is 11.3. The Morgan fingerprint density at radius 3 is 2.71 bits per heavy atom. The summed E-state index contributed by atoms with van der Waals surface area (Å²) in [5.74, 6) is 0.792. The third-order valence-electron chi connectivity index (χ3n) is 2.51.